The maximum absolute atomic E-state index is 11.9. The molecule has 0 aromatic carbocycles. The Kier molecular flexibility index (Phi) is 3.68. The minimum atomic E-state index is -0.0696. The smallest absolute Gasteiger partial charge is 0.244 e. The van der Waals surface area contributed by atoms with Gasteiger partial charge in [-0.05, 0) is 0 Å². The van der Waals surface area contributed by atoms with Gasteiger partial charge >= 0.3 is 0 Å². The molecule has 3 N–H and O–H groups in total. The van der Waals surface area contributed by atoms with E-state index < -0.39 is 0 Å². The highest BCUT2D eigenvalue weighted by Gasteiger charge is 2.12. The first-order valence-electron chi connectivity index (χ1n) is 5.50. The third-order valence-corrected chi connectivity index (χ3v) is 2.46. The van der Waals surface area contributed by atoms with E-state index in [4.69, 9.17) is 5.73 Å². The monoisotopic (exact) mass is 249 g/mol. The molecule has 8 heteroatoms. The van der Waals surface area contributed by atoms with E-state index in [1.54, 1.807) is 30.5 Å². The van der Waals surface area contributed by atoms with Gasteiger partial charge in [0.15, 0.2) is 0 Å². The SMILES string of the molecule is CN(Cc1ncc[nH]1)C(=O)Cn1cc(CN)nn1. The lowest BCUT2D eigenvalue weighted by Gasteiger charge is -2.15. The number of nitrogens with two attached hydrogens (primary N) is 1. The van der Waals surface area contributed by atoms with E-state index in [2.05, 4.69) is 20.3 Å². The Morgan fingerprint density at radius 2 is 2.44 bits per heavy atom. The Bertz CT molecular complexity index is 504. The van der Waals surface area contributed by atoms with E-state index in [1.165, 1.54) is 4.68 Å². The molecular formula is C10H15N7O. The predicted octanol–water partition coefficient (Wildman–Crippen LogP) is -0.881. The van der Waals surface area contributed by atoms with Crippen LogP contribution in [0.3, 0.4) is 0 Å². The predicted molar refractivity (Wildman–Crippen MR) is 63.0 cm³/mol. The van der Waals surface area contributed by atoms with Crippen LogP contribution in [0.25, 0.3) is 0 Å². The number of imidazole rings is 1. The molecule has 0 spiro atoms. The van der Waals surface area contributed by atoms with Crippen LogP contribution in [0.5, 0.6) is 0 Å². The minimum Gasteiger partial charge on any atom is -0.347 e. The number of nitrogens with zero attached hydrogens (tertiary/aromatic N) is 5. The second-order valence-corrected chi connectivity index (χ2v) is 3.90. The van der Waals surface area contributed by atoms with E-state index in [-0.39, 0.29) is 12.5 Å². The maximum Gasteiger partial charge on any atom is 0.244 e. The number of rotatable bonds is 5. The lowest BCUT2D eigenvalue weighted by atomic mass is 10.4. The fourth-order valence-corrected chi connectivity index (χ4v) is 1.47. The van der Waals surface area contributed by atoms with Crippen LogP contribution in [-0.2, 0) is 24.4 Å². The Morgan fingerprint density at radius 3 is 3.06 bits per heavy atom. The summed E-state index contributed by atoms with van der Waals surface area (Å²) in [5.74, 6) is 0.673. The second-order valence-electron chi connectivity index (χ2n) is 3.90. The largest absolute Gasteiger partial charge is 0.347 e. The summed E-state index contributed by atoms with van der Waals surface area (Å²) >= 11 is 0. The molecule has 0 fully saturated rings. The van der Waals surface area contributed by atoms with Crippen LogP contribution in [0.15, 0.2) is 18.6 Å². The van der Waals surface area contributed by atoms with Crippen molar-refractivity contribution in [3.63, 3.8) is 0 Å². The van der Waals surface area contributed by atoms with Crippen molar-refractivity contribution in [1.82, 2.24) is 29.9 Å². The average Bonchev–Trinajstić information content (AvgIpc) is 3.00. The molecule has 8 nitrogen and oxygen atoms in total. The number of carbonyl (C=O) groups excluding carboxylic acids is 1. The lowest BCUT2D eigenvalue weighted by molar-refractivity contribution is -0.131. The fraction of sp³-hybridized carbons (Fsp3) is 0.400. The lowest BCUT2D eigenvalue weighted by Crippen LogP contribution is -2.30. The van der Waals surface area contributed by atoms with Crippen LogP contribution in [0.2, 0.25) is 0 Å². The number of likely N-dealkylation sites (N-methyl/N-ethyl adjacent to an activating group) is 1. The molecular weight excluding hydrogens is 234 g/mol. The molecule has 96 valence electrons. The van der Waals surface area contributed by atoms with Crippen LogP contribution in [0.4, 0.5) is 0 Å². The van der Waals surface area contributed by atoms with E-state index in [0.29, 0.717) is 18.8 Å². The van der Waals surface area contributed by atoms with Crippen molar-refractivity contribution in [2.45, 2.75) is 19.6 Å². The van der Waals surface area contributed by atoms with Crippen LogP contribution in [-0.4, -0.2) is 42.8 Å². The molecule has 0 aliphatic carbocycles. The number of amides is 1. The van der Waals surface area contributed by atoms with E-state index in [0.717, 1.165) is 5.82 Å². The van der Waals surface area contributed by atoms with Crippen LogP contribution in [0.1, 0.15) is 11.5 Å². The van der Waals surface area contributed by atoms with E-state index >= 15 is 0 Å². The molecule has 0 atom stereocenters. The number of nitrogens with one attached hydrogen (secondary N) is 1. The molecule has 1 amide bonds. The number of aromatic nitrogens is 5. The summed E-state index contributed by atoms with van der Waals surface area (Å²) in [6, 6.07) is 0. The summed E-state index contributed by atoms with van der Waals surface area (Å²) in [5, 5.41) is 7.64. The van der Waals surface area contributed by atoms with Gasteiger partial charge in [0.25, 0.3) is 0 Å². The van der Waals surface area contributed by atoms with Gasteiger partial charge < -0.3 is 15.6 Å². The van der Waals surface area contributed by atoms with Gasteiger partial charge in [0, 0.05) is 26.0 Å². The zero-order valence-electron chi connectivity index (χ0n) is 10.1. The van der Waals surface area contributed by atoms with Crippen molar-refractivity contribution in [2.24, 2.45) is 5.73 Å². The summed E-state index contributed by atoms with van der Waals surface area (Å²) in [7, 11) is 1.71. The molecule has 2 heterocycles. The first kappa shape index (κ1) is 12.2. The summed E-state index contributed by atoms with van der Waals surface area (Å²) in [4.78, 5) is 20.5. The van der Waals surface area contributed by atoms with Crippen molar-refractivity contribution in [2.75, 3.05) is 7.05 Å². The number of hydrogen-bond donors (Lipinski definition) is 2. The van der Waals surface area contributed by atoms with Gasteiger partial charge in [0.2, 0.25) is 5.91 Å². The van der Waals surface area contributed by atoms with Crippen LogP contribution < -0.4 is 5.73 Å². The molecule has 0 aliphatic rings. The Balaban J connectivity index is 1.90. The maximum atomic E-state index is 11.9. The van der Waals surface area contributed by atoms with E-state index in [1.807, 2.05) is 0 Å². The fourth-order valence-electron chi connectivity index (χ4n) is 1.47. The van der Waals surface area contributed by atoms with Crippen molar-refractivity contribution in [3.05, 3.63) is 30.1 Å². The van der Waals surface area contributed by atoms with Crippen LogP contribution in [0, 0.1) is 0 Å². The Morgan fingerprint density at radius 1 is 1.61 bits per heavy atom. The number of carbonyl (C=O) groups is 1. The minimum absolute atomic E-state index is 0.0696. The Hall–Kier alpha value is -2.22. The molecule has 2 rings (SSSR count). The topological polar surface area (TPSA) is 106 Å². The zero-order valence-corrected chi connectivity index (χ0v) is 10.1. The van der Waals surface area contributed by atoms with Gasteiger partial charge in [0.1, 0.15) is 12.4 Å². The highest BCUT2D eigenvalue weighted by atomic mass is 16.2. The molecule has 2 aromatic rings. The van der Waals surface area contributed by atoms with Crippen molar-refractivity contribution in [1.29, 1.82) is 0 Å². The van der Waals surface area contributed by atoms with Gasteiger partial charge in [-0.25, -0.2) is 9.67 Å². The van der Waals surface area contributed by atoms with E-state index in [9.17, 15) is 4.79 Å². The average molecular weight is 249 g/mol. The molecule has 2 aromatic heterocycles. The second kappa shape index (κ2) is 5.41. The third-order valence-electron chi connectivity index (χ3n) is 2.46. The highest BCUT2D eigenvalue weighted by molar-refractivity contribution is 5.75. The molecule has 0 saturated heterocycles. The number of aromatic amines is 1. The van der Waals surface area contributed by atoms with Crippen LogP contribution >= 0.6 is 0 Å². The summed E-state index contributed by atoms with van der Waals surface area (Å²) in [6.07, 6.45) is 5.04. The molecule has 0 saturated carbocycles. The summed E-state index contributed by atoms with van der Waals surface area (Å²) in [6.45, 7) is 0.894. The standard InChI is InChI=1S/C10H15N7O/c1-16(6-9-12-2-3-13-9)10(18)7-17-5-8(4-11)14-15-17/h2-3,5H,4,6-7,11H2,1H3,(H,12,13). The number of H-pyrrole nitrogens is 1. The van der Waals surface area contributed by atoms with Crippen molar-refractivity contribution < 1.29 is 4.79 Å². The van der Waals surface area contributed by atoms with Crippen molar-refractivity contribution in [3.8, 4) is 0 Å². The molecule has 18 heavy (non-hydrogen) atoms. The normalized spacial score (nSPS) is 10.6. The molecule has 0 unspecified atom stereocenters. The molecule has 0 radical (unpaired) electrons. The Labute approximate surface area is 104 Å². The van der Waals surface area contributed by atoms with Gasteiger partial charge in [-0.1, -0.05) is 5.21 Å². The third kappa shape index (κ3) is 2.92. The first-order chi connectivity index (χ1) is 8.69. The summed E-state index contributed by atoms with van der Waals surface area (Å²) < 4.78 is 1.48. The van der Waals surface area contributed by atoms with Gasteiger partial charge in [-0.15, -0.1) is 5.10 Å². The number of hydrogen-bond acceptors (Lipinski definition) is 5. The highest BCUT2D eigenvalue weighted by Crippen LogP contribution is 1.98. The van der Waals surface area contributed by atoms with Crippen molar-refractivity contribution >= 4 is 5.91 Å². The quantitative estimate of drug-likeness (QED) is 0.715. The van der Waals surface area contributed by atoms with Gasteiger partial charge in [-0.3, -0.25) is 4.79 Å². The molecule has 0 bridgehead atoms. The molecule has 0 aliphatic heterocycles. The van der Waals surface area contributed by atoms with Gasteiger partial charge in [0.05, 0.1) is 18.4 Å². The van der Waals surface area contributed by atoms with Gasteiger partial charge in [-0.2, -0.15) is 0 Å². The summed E-state index contributed by atoms with van der Waals surface area (Å²) in [5.41, 5.74) is 6.08. The zero-order chi connectivity index (χ0) is 13.0. The first-order valence-corrected chi connectivity index (χ1v) is 5.50.